The highest BCUT2D eigenvalue weighted by Gasteiger charge is 1.98. The van der Waals surface area contributed by atoms with Crippen LogP contribution in [0.3, 0.4) is 0 Å². The summed E-state index contributed by atoms with van der Waals surface area (Å²) < 4.78 is 0. The van der Waals surface area contributed by atoms with Crippen molar-refractivity contribution in [1.29, 1.82) is 0 Å². The largest absolute Gasteiger partial charge is 0.313 e. The second kappa shape index (κ2) is 8.74. The Morgan fingerprint density at radius 3 is 2.69 bits per heavy atom. The average molecular weight is 240 g/mol. The second-order valence-electron chi connectivity index (χ2n) is 4.04. The van der Waals surface area contributed by atoms with E-state index >= 15 is 0 Å². The molecule has 0 bridgehead atoms. The summed E-state index contributed by atoms with van der Waals surface area (Å²) >= 11 is 1.77. The van der Waals surface area contributed by atoms with Crippen LogP contribution in [0.2, 0.25) is 0 Å². The number of unbranched alkanes of at least 4 members (excludes halogenated alkanes) is 1. The van der Waals surface area contributed by atoms with E-state index in [-0.39, 0.29) is 0 Å². The third kappa shape index (κ3) is 5.64. The summed E-state index contributed by atoms with van der Waals surface area (Å²) in [6.07, 6.45) is 2.58. The summed E-state index contributed by atoms with van der Waals surface area (Å²) in [7, 11) is 0. The minimum absolute atomic E-state index is 1.02. The molecule has 0 aliphatic heterocycles. The summed E-state index contributed by atoms with van der Waals surface area (Å²) in [4.78, 5) is 2.48. The lowest BCUT2D eigenvalue weighted by atomic mass is 10.2. The first kappa shape index (κ1) is 13.7. The van der Waals surface area contributed by atoms with E-state index in [2.05, 4.69) is 40.9 Å². The van der Waals surface area contributed by atoms with E-state index in [1.165, 1.54) is 38.0 Å². The minimum atomic E-state index is 1.02. The molecule has 0 saturated carbocycles. The van der Waals surface area contributed by atoms with E-state index in [9.17, 15) is 0 Å². The van der Waals surface area contributed by atoms with Gasteiger partial charge < -0.3 is 10.2 Å². The highest BCUT2D eigenvalue weighted by atomic mass is 32.1. The zero-order valence-corrected chi connectivity index (χ0v) is 11.4. The van der Waals surface area contributed by atoms with Gasteiger partial charge in [-0.15, -0.1) is 0 Å². The molecule has 2 nitrogen and oxygen atoms in total. The van der Waals surface area contributed by atoms with Gasteiger partial charge in [-0.1, -0.05) is 13.8 Å². The molecule has 1 rings (SSSR count). The van der Waals surface area contributed by atoms with Gasteiger partial charge in [0, 0.05) is 6.54 Å². The lowest BCUT2D eigenvalue weighted by Crippen LogP contribution is -2.25. The zero-order valence-electron chi connectivity index (χ0n) is 10.5. The van der Waals surface area contributed by atoms with Crippen LogP contribution in [0.15, 0.2) is 16.8 Å². The molecule has 16 heavy (non-hydrogen) atoms. The molecule has 1 aromatic rings. The molecule has 0 unspecified atom stereocenters. The highest BCUT2D eigenvalue weighted by Crippen LogP contribution is 2.04. The van der Waals surface area contributed by atoms with Crippen LogP contribution in [0.4, 0.5) is 0 Å². The van der Waals surface area contributed by atoms with Crippen molar-refractivity contribution in [2.75, 3.05) is 26.2 Å². The molecular formula is C13H24N2S. The summed E-state index contributed by atoms with van der Waals surface area (Å²) in [6, 6.07) is 2.19. The molecular weight excluding hydrogens is 216 g/mol. The van der Waals surface area contributed by atoms with Crippen molar-refractivity contribution in [3.8, 4) is 0 Å². The Balaban J connectivity index is 1.92. The first-order chi connectivity index (χ1) is 7.86. The number of hydrogen-bond acceptors (Lipinski definition) is 3. The van der Waals surface area contributed by atoms with Gasteiger partial charge in [0.2, 0.25) is 0 Å². The molecule has 0 aromatic carbocycles. The number of thiophene rings is 1. The highest BCUT2D eigenvalue weighted by molar-refractivity contribution is 7.07. The summed E-state index contributed by atoms with van der Waals surface area (Å²) in [5.41, 5.74) is 1.41. The van der Waals surface area contributed by atoms with Crippen molar-refractivity contribution in [2.24, 2.45) is 0 Å². The smallest absolute Gasteiger partial charge is 0.0213 e. The van der Waals surface area contributed by atoms with Gasteiger partial charge in [-0.05, 0) is 61.4 Å². The van der Waals surface area contributed by atoms with Crippen molar-refractivity contribution >= 4 is 11.3 Å². The molecule has 0 fully saturated rings. The Kier molecular flexibility index (Phi) is 7.47. The predicted octanol–water partition coefficient (Wildman–Crippen LogP) is 2.96. The Morgan fingerprint density at radius 2 is 2.06 bits per heavy atom. The van der Waals surface area contributed by atoms with Gasteiger partial charge in [0.1, 0.15) is 0 Å². The van der Waals surface area contributed by atoms with Crippen LogP contribution in [0, 0.1) is 0 Å². The zero-order chi connectivity index (χ0) is 11.6. The number of nitrogens with zero attached hydrogens (tertiary/aromatic N) is 1. The molecule has 1 N–H and O–H groups in total. The Morgan fingerprint density at radius 1 is 1.25 bits per heavy atom. The van der Waals surface area contributed by atoms with Crippen LogP contribution in [0.1, 0.15) is 32.3 Å². The average Bonchev–Trinajstić information content (AvgIpc) is 2.81. The SMILES string of the molecule is CCN(CC)CCCCNCc1ccsc1. The fourth-order valence-electron chi connectivity index (χ4n) is 1.75. The van der Waals surface area contributed by atoms with Gasteiger partial charge in [-0.25, -0.2) is 0 Å². The van der Waals surface area contributed by atoms with Gasteiger partial charge in [0.05, 0.1) is 0 Å². The quantitative estimate of drug-likeness (QED) is 0.668. The Bertz CT molecular complexity index is 242. The number of hydrogen-bond donors (Lipinski definition) is 1. The van der Waals surface area contributed by atoms with Crippen LogP contribution >= 0.6 is 11.3 Å². The fourth-order valence-corrected chi connectivity index (χ4v) is 2.42. The number of rotatable bonds is 9. The molecule has 92 valence electrons. The first-order valence-electron chi connectivity index (χ1n) is 6.31. The lowest BCUT2D eigenvalue weighted by molar-refractivity contribution is 0.296. The Labute approximate surface area is 104 Å². The van der Waals surface area contributed by atoms with Crippen LogP contribution in [0.5, 0.6) is 0 Å². The summed E-state index contributed by atoms with van der Waals surface area (Å²) in [6.45, 7) is 10.2. The van der Waals surface area contributed by atoms with Gasteiger partial charge in [-0.3, -0.25) is 0 Å². The van der Waals surface area contributed by atoms with Gasteiger partial charge >= 0.3 is 0 Å². The molecule has 0 saturated heterocycles. The maximum absolute atomic E-state index is 3.49. The topological polar surface area (TPSA) is 15.3 Å². The normalized spacial score (nSPS) is 11.2. The first-order valence-corrected chi connectivity index (χ1v) is 7.25. The van der Waals surface area contributed by atoms with E-state index in [1.807, 2.05) is 0 Å². The number of nitrogens with one attached hydrogen (secondary N) is 1. The van der Waals surface area contributed by atoms with E-state index in [0.717, 1.165) is 13.1 Å². The second-order valence-corrected chi connectivity index (χ2v) is 4.82. The van der Waals surface area contributed by atoms with Gasteiger partial charge in [0.25, 0.3) is 0 Å². The predicted molar refractivity (Wildman–Crippen MR) is 73.0 cm³/mol. The molecule has 0 aliphatic carbocycles. The molecule has 1 heterocycles. The Hall–Kier alpha value is -0.380. The molecule has 0 amide bonds. The molecule has 0 radical (unpaired) electrons. The van der Waals surface area contributed by atoms with Crippen LogP contribution in [-0.2, 0) is 6.54 Å². The van der Waals surface area contributed by atoms with Crippen LogP contribution < -0.4 is 5.32 Å². The fraction of sp³-hybridized carbons (Fsp3) is 0.692. The maximum Gasteiger partial charge on any atom is 0.0213 e. The van der Waals surface area contributed by atoms with Crippen molar-refractivity contribution in [3.63, 3.8) is 0 Å². The van der Waals surface area contributed by atoms with Gasteiger partial charge in [0.15, 0.2) is 0 Å². The summed E-state index contributed by atoms with van der Waals surface area (Å²) in [5.74, 6) is 0. The van der Waals surface area contributed by atoms with Crippen molar-refractivity contribution in [1.82, 2.24) is 10.2 Å². The maximum atomic E-state index is 3.49. The van der Waals surface area contributed by atoms with Crippen molar-refractivity contribution in [2.45, 2.75) is 33.2 Å². The summed E-state index contributed by atoms with van der Waals surface area (Å²) in [5, 5.41) is 7.83. The third-order valence-electron chi connectivity index (χ3n) is 2.88. The van der Waals surface area contributed by atoms with E-state index in [4.69, 9.17) is 0 Å². The molecule has 0 aliphatic rings. The van der Waals surface area contributed by atoms with Crippen molar-refractivity contribution < 1.29 is 0 Å². The van der Waals surface area contributed by atoms with Crippen LogP contribution in [0.25, 0.3) is 0 Å². The van der Waals surface area contributed by atoms with E-state index in [0.29, 0.717) is 0 Å². The lowest BCUT2D eigenvalue weighted by Gasteiger charge is -2.17. The van der Waals surface area contributed by atoms with Crippen LogP contribution in [-0.4, -0.2) is 31.1 Å². The molecule has 3 heteroatoms. The van der Waals surface area contributed by atoms with Crippen molar-refractivity contribution in [3.05, 3.63) is 22.4 Å². The molecule has 0 spiro atoms. The van der Waals surface area contributed by atoms with E-state index in [1.54, 1.807) is 11.3 Å². The standard InChI is InChI=1S/C13H24N2S/c1-3-15(4-2)9-6-5-8-14-11-13-7-10-16-12-13/h7,10,12,14H,3-6,8-9,11H2,1-2H3. The van der Waals surface area contributed by atoms with E-state index < -0.39 is 0 Å². The monoisotopic (exact) mass is 240 g/mol. The molecule has 1 aromatic heterocycles. The molecule has 0 atom stereocenters. The third-order valence-corrected chi connectivity index (χ3v) is 3.61. The minimum Gasteiger partial charge on any atom is -0.313 e. The van der Waals surface area contributed by atoms with Gasteiger partial charge in [-0.2, -0.15) is 11.3 Å².